The predicted molar refractivity (Wildman–Crippen MR) is 85.0 cm³/mol. The van der Waals surface area contributed by atoms with Crippen LogP contribution in [-0.4, -0.2) is 11.5 Å². The third kappa shape index (κ3) is 7.84. The van der Waals surface area contributed by atoms with Gasteiger partial charge < -0.3 is 13.9 Å². The zero-order chi connectivity index (χ0) is 14.8. The van der Waals surface area contributed by atoms with Gasteiger partial charge in [0.15, 0.2) is 0 Å². The van der Waals surface area contributed by atoms with Crippen LogP contribution in [0.25, 0.3) is 0 Å². The number of aryl methyl sites for hydroxylation is 2. The second kappa shape index (κ2) is 10.1. The molecule has 4 heteroatoms. The van der Waals surface area contributed by atoms with Gasteiger partial charge in [-0.25, -0.2) is 0 Å². The van der Waals surface area contributed by atoms with Crippen molar-refractivity contribution in [1.29, 1.82) is 0 Å². The first-order valence-corrected chi connectivity index (χ1v) is 8.63. The van der Waals surface area contributed by atoms with Gasteiger partial charge in [-0.2, -0.15) is 0 Å². The quantitative estimate of drug-likeness (QED) is 0.472. The fourth-order valence-electron chi connectivity index (χ4n) is 2.13. The van der Waals surface area contributed by atoms with Crippen LogP contribution in [0.15, 0.2) is 18.2 Å². The highest BCUT2D eigenvalue weighted by Gasteiger charge is 2.09. The Bertz CT molecular complexity index is 362. The van der Waals surface area contributed by atoms with E-state index in [9.17, 15) is 4.89 Å². The van der Waals surface area contributed by atoms with Crippen molar-refractivity contribution in [2.24, 2.45) is 0 Å². The van der Waals surface area contributed by atoms with Crippen LogP contribution in [0.1, 0.15) is 56.6 Å². The van der Waals surface area contributed by atoms with E-state index in [-0.39, 0.29) is 0 Å². The molecule has 0 bridgehead atoms. The van der Waals surface area contributed by atoms with Gasteiger partial charge in [0.25, 0.3) is 0 Å². The van der Waals surface area contributed by atoms with Gasteiger partial charge in [0, 0.05) is 0 Å². The molecular formula is C16H27O3P. The summed E-state index contributed by atoms with van der Waals surface area (Å²) in [5.74, 6) is 0.680. The third-order valence-corrected chi connectivity index (χ3v) is 3.85. The van der Waals surface area contributed by atoms with Crippen LogP contribution < -0.4 is 4.52 Å². The highest BCUT2D eigenvalue weighted by molar-refractivity contribution is 7.41. The van der Waals surface area contributed by atoms with E-state index < -0.39 is 8.60 Å². The molecule has 0 saturated carbocycles. The SMILES string of the molecule is CCCCCCCCOP(O)Oc1cc(C)cc(C)c1. The Balaban J connectivity index is 2.15. The standard InChI is InChI=1S/C16H27O3P/c1-4-5-6-7-8-9-10-18-20(17)19-16-12-14(2)11-15(3)13-16/h11-13,17H,4-10H2,1-3H3. The van der Waals surface area contributed by atoms with Gasteiger partial charge in [0.2, 0.25) is 0 Å². The van der Waals surface area contributed by atoms with Gasteiger partial charge >= 0.3 is 8.60 Å². The summed E-state index contributed by atoms with van der Waals surface area (Å²) in [5.41, 5.74) is 2.25. The smallest absolute Gasteiger partial charge is 0.394 e. The van der Waals surface area contributed by atoms with Gasteiger partial charge in [0.1, 0.15) is 5.75 Å². The van der Waals surface area contributed by atoms with Gasteiger partial charge in [-0.05, 0) is 43.5 Å². The highest BCUT2D eigenvalue weighted by atomic mass is 31.2. The third-order valence-electron chi connectivity index (χ3n) is 3.08. The summed E-state index contributed by atoms with van der Waals surface area (Å²) in [6.45, 7) is 6.80. The minimum Gasteiger partial charge on any atom is -0.427 e. The molecule has 0 aliphatic carbocycles. The van der Waals surface area contributed by atoms with E-state index in [1.165, 1.54) is 25.7 Å². The second-order valence-corrected chi connectivity index (χ2v) is 6.17. The summed E-state index contributed by atoms with van der Waals surface area (Å²) < 4.78 is 10.7. The molecule has 0 heterocycles. The molecule has 0 fully saturated rings. The molecule has 0 saturated heterocycles. The van der Waals surface area contributed by atoms with Crippen LogP contribution in [0.4, 0.5) is 0 Å². The molecule has 20 heavy (non-hydrogen) atoms. The Morgan fingerprint density at radius 2 is 1.55 bits per heavy atom. The molecule has 0 radical (unpaired) electrons. The topological polar surface area (TPSA) is 38.7 Å². The molecule has 1 aromatic carbocycles. The highest BCUT2D eigenvalue weighted by Crippen LogP contribution is 2.35. The maximum Gasteiger partial charge on any atom is 0.394 e. The summed E-state index contributed by atoms with van der Waals surface area (Å²) in [5, 5.41) is 0. The van der Waals surface area contributed by atoms with Gasteiger partial charge in [-0.3, -0.25) is 0 Å². The average molecular weight is 298 g/mol. The van der Waals surface area contributed by atoms with Crippen LogP contribution in [0, 0.1) is 13.8 Å². The van der Waals surface area contributed by atoms with Gasteiger partial charge in [-0.15, -0.1) is 0 Å². The molecule has 0 aromatic heterocycles. The van der Waals surface area contributed by atoms with Gasteiger partial charge in [0.05, 0.1) is 6.61 Å². The molecule has 0 aliphatic heterocycles. The fourth-order valence-corrected chi connectivity index (χ4v) is 2.75. The van der Waals surface area contributed by atoms with Crippen molar-refractivity contribution in [3.05, 3.63) is 29.3 Å². The summed E-state index contributed by atoms with van der Waals surface area (Å²) in [4.78, 5) is 9.75. The van der Waals surface area contributed by atoms with Crippen LogP contribution in [0.2, 0.25) is 0 Å². The molecule has 0 aliphatic rings. The zero-order valence-electron chi connectivity index (χ0n) is 12.9. The number of rotatable bonds is 10. The summed E-state index contributed by atoms with van der Waals surface area (Å²) >= 11 is 0. The lowest BCUT2D eigenvalue weighted by atomic mass is 10.1. The lowest BCUT2D eigenvalue weighted by molar-refractivity contribution is 0.253. The van der Waals surface area contributed by atoms with Crippen molar-refractivity contribution < 1.29 is 13.9 Å². The number of benzene rings is 1. The Morgan fingerprint density at radius 3 is 2.20 bits per heavy atom. The van der Waals surface area contributed by atoms with Crippen molar-refractivity contribution >= 4 is 8.60 Å². The van der Waals surface area contributed by atoms with Crippen molar-refractivity contribution in [3.63, 3.8) is 0 Å². The zero-order valence-corrected chi connectivity index (χ0v) is 13.8. The minimum atomic E-state index is -1.81. The molecular weight excluding hydrogens is 271 g/mol. The van der Waals surface area contributed by atoms with E-state index in [4.69, 9.17) is 9.05 Å². The summed E-state index contributed by atoms with van der Waals surface area (Å²) in [6.07, 6.45) is 7.26. The van der Waals surface area contributed by atoms with Crippen molar-refractivity contribution in [2.75, 3.05) is 6.61 Å². The fraction of sp³-hybridized carbons (Fsp3) is 0.625. The van der Waals surface area contributed by atoms with Crippen LogP contribution in [0.3, 0.4) is 0 Å². The van der Waals surface area contributed by atoms with Crippen molar-refractivity contribution in [3.8, 4) is 5.75 Å². The maximum absolute atomic E-state index is 9.75. The van der Waals surface area contributed by atoms with Crippen LogP contribution >= 0.6 is 8.60 Å². The predicted octanol–water partition coefficient (Wildman–Crippen LogP) is 5.28. The van der Waals surface area contributed by atoms with Crippen molar-refractivity contribution in [2.45, 2.75) is 59.3 Å². The summed E-state index contributed by atoms with van der Waals surface area (Å²) in [6, 6.07) is 5.89. The molecule has 0 spiro atoms. The maximum atomic E-state index is 9.75. The number of hydrogen-bond acceptors (Lipinski definition) is 3. The lowest BCUT2D eigenvalue weighted by Crippen LogP contribution is -1.95. The van der Waals surface area contributed by atoms with Crippen LogP contribution in [0.5, 0.6) is 5.75 Å². The molecule has 3 nitrogen and oxygen atoms in total. The van der Waals surface area contributed by atoms with E-state index in [2.05, 4.69) is 13.0 Å². The normalized spacial score (nSPS) is 12.4. The monoisotopic (exact) mass is 298 g/mol. The number of hydrogen-bond donors (Lipinski definition) is 1. The van der Waals surface area contributed by atoms with Crippen LogP contribution in [-0.2, 0) is 4.52 Å². The van der Waals surface area contributed by atoms with E-state index >= 15 is 0 Å². The number of unbranched alkanes of at least 4 members (excludes halogenated alkanes) is 5. The van der Waals surface area contributed by atoms with E-state index in [1.54, 1.807) is 0 Å². The molecule has 0 amide bonds. The molecule has 1 unspecified atom stereocenters. The van der Waals surface area contributed by atoms with E-state index in [0.717, 1.165) is 24.0 Å². The Hall–Kier alpha value is -0.630. The minimum absolute atomic E-state index is 0.569. The van der Waals surface area contributed by atoms with Crippen molar-refractivity contribution in [1.82, 2.24) is 0 Å². The van der Waals surface area contributed by atoms with Gasteiger partial charge in [-0.1, -0.05) is 45.1 Å². The Morgan fingerprint density at radius 1 is 0.950 bits per heavy atom. The first-order valence-electron chi connectivity index (χ1n) is 7.50. The molecule has 1 N–H and O–H groups in total. The Labute approximate surface area is 124 Å². The Kier molecular flexibility index (Phi) is 8.84. The van der Waals surface area contributed by atoms with E-state index in [1.807, 2.05) is 26.0 Å². The average Bonchev–Trinajstić information content (AvgIpc) is 2.36. The molecule has 1 aromatic rings. The molecule has 114 valence electrons. The first-order chi connectivity index (χ1) is 9.61. The molecule has 1 atom stereocenters. The summed E-state index contributed by atoms with van der Waals surface area (Å²) in [7, 11) is -1.81. The van der Waals surface area contributed by atoms with E-state index in [0.29, 0.717) is 12.4 Å². The first kappa shape index (κ1) is 17.4. The molecule has 1 rings (SSSR count). The second-order valence-electron chi connectivity index (χ2n) is 5.25. The largest absolute Gasteiger partial charge is 0.427 e. The lowest BCUT2D eigenvalue weighted by Gasteiger charge is -2.12.